The molecule has 1 heterocycles. The third kappa shape index (κ3) is 2.32. The summed E-state index contributed by atoms with van der Waals surface area (Å²) in [6.07, 6.45) is 1.26. The minimum Gasteiger partial charge on any atom is -0.478 e. The van der Waals surface area contributed by atoms with Gasteiger partial charge in [-0.25, -0.2) is 9.78 Å². The Morgan fingerprint density at radius 3 is 2.61 bits per heavy atom. The zero-order valence-electron chi connectivity index (χ0n) is 9.33. The summed E-state index contributed by atoms with van der Waals surface area (Å²) in [6.45, 7) is 0. The molecule has 0 aliphatic carbocycles. The molecule has 6 heteroatoms. The van der Waals surface area contributed by atoms with Crippen LogP contribution >= 0.6 is 0 Å². The normalized spacial score (nSPS) is 10.0. The van der Waals surface area contributed by atoms with Gasteiger partial charge in [-0.05, 0) is 18.2 Å². The molecule has 0 saturated heterocycles. The molecule has 0 spiro atoms. The van der Waals surface area contributed by atoms with Gasteiger partial charge in [0, 0.05) is 0 Å². The molecule has 0 aliphatic heterocycles. The minimum absolute atomic E-state index is 0.0641. The van der Waals surface area contributed by atoms with Crippen molar-refractivity contribution in [2.45, 2.75) is 0 Å². The molecule has 2 aromatic rings. The van der Waals surface area contributed by atoms with Gasteiger partial charge in [-0.1, -0.05) is 12.1 Å². The topological polar surface area (TPSA) is 111 Å². The Hall–Kier alpha value is -2.76. The summed E-state index contributed by atoms with van der Waals surface area (Å²) in [5, 5.41) is 9.04. The van der Waals surface area contributed by atoms with Crippen LogP contribution in [-0.4, -0.2) is 16.1 Å². The van der Waals surface area contributed by atoms with E-state index in [9.17, 15) is 4.79 Å². The van der Waals surface area contributed by atoms with Crippen LogP contribution in [0, 0.1) is 0 Å². The number of aromatic carboxylic acids is 1. The first-order valence-corrected chi connectivity index (χ1v) is 5.09. The molecule has 0 saturated carbocycles. The Balaban J connectivity index is 2.41. The van der Waals surface area contributed by atoms with Gasteiger partial charge in [-0.15, -0.1) is 0 Å². The first-order valence-electron chi connectivity index (χ1n) is 5.09. The second-order valence-electron chi connectivity index (χ2n) is 3.55. The highest BCUT2D eigenvalue weighted by atomic mass is 16.5. The standard InChI is InChI=1S/C12H11N3O3/c13-8-3-1-2-4-9(8)18-10-6-15-11(14)5-7(10)12(16)17/h1-6H,13H2,(H2,14,15)(H,16,17). The maximum atomic E-state index is 11.1. The minimum atomic E-state index is -1.14. The molecule has 18 heavy (non-hydrogen) atoms. The molecule has 0 atom stereocenters. The second kappa shape index (κ2) is 4.62. The van der Waals surface area contributed by atoms with Gasteiger partial charge >= 0.3 is 5.97 Å². The van der Waals surface area contributed by atoms with Gasteiger partial charge < -0.3 is 21.3 Å². The molecule has 5 N–H and O–H groups in total. The first kappa shape index (κ1) is 11.7. The van der Waals surface area contributed by atoms with E-state index in [0.717, 1.165) is 0 Å². The average Bonchev–Trinajstić information content (AvgIpc) is 2.34. The smallest absolute Gasteiger partial charge is 0.339 e. The largest absolute Gasteiger partial charge is 0.478 e. The third-order valence-corrected chi connectivity index (χ3v) is 2.26. The van der Waals surface area contributed by atoms with E-state index in [1.54, 1.807) is 24.3 Å². The van der Waals surface area contributed by atoms with Crippen molar-refractivity contribution in [1.82, 2.24) is 4.98 Å². The quantitative estimate of drug-likeness (QED) is 0.710. The number of carbonyl (C=O) groups is 1. The number of nitrogen functional groups attached to an aromatic ring is 2. The fourth-order valence-corrected chi connectivity index (χ4v) is 1.40. The fourth-order valence-electron chi connectivity index (χ4n) is 1.40. The summed E-state index contributed by atoms with van der Waals surface area (Å²) in [6, 6.07) is 8.01. The van der Waals surface area contributed by atoms with Crippen molar-refractivity contribution in [2.24, 2.45) is 0 Å². The fraction of sp³-hybridized carbons (Fsp3) is 0. The van der Waals surface area contributed by atoms with E-state index in [1.807, 2.05) is 0 Å². The number of anilines is 2. The van der Waals surface area contributed by atoms with Crippen LogP contribution in [0.1, 0.15) is 10.4 Å². The van der Waals surface area contributed by atoms with E-state index in [1.165, 1.54) is 12.3 Å². The molecule has 92 valence electrons. The lowest BCUT2D eigenvalue weighted by Gasteiger charge is -2.10. The molecule has 1 aromatic heterocycles. The van der Waals surface area contributed by atoms with Gasteiger partial charge in [0.2, 0.25) is 0 Å². The number of carboxylic acid groups (broad SMARTS) is 1. The summed E-state index contributed by atoms with van der Waals surface area (Å²) < 4.78 is 5.43. The number of nitrogens with zero attached hydrogens (tertiary/aromatic N) is 1. The summed E-state index contributed by atoms with van der Waals surface area (Å²) in [7, 11) is 0. The number of benzene rings is 1. The van der Waals surface area contributed by atoms with Crippen LogP contribution in [0.4, 0.5) is 11.5 Å². The van der Waals surface area contributed by atoms with Gasteiger partial charge in [0.25, 0.3) is 0 Å². The van der Waals surface area contributed by atoms with Crippen molar-refractivity contribution in [2.75, 3.05) is 11.5 Å². The maximum Gasteiger partial charge on any atom is 0.339 e. The monoisotopic (exact) mass is 245 g/mol. The van der Waals surface area contributed by atoms with Gasteiger partial charge in [0.05, 0.1) is 11.9 Å². The number of pyridine rings is 1. The van der Waals surface area contributed by atoms with Crippen molar-refractivity contribution in [1.29, 1.82) is 0 Å². The number of rotatable bonds is 3. The highest BCUT2D eigenvalue weighted by molar-refractivity contribution is 5.91. The molecule has 0 amide bonds. The Bertz CT molecular complexity index is 599. The zero-order valence-corrected chi connectivity index (χ0v) is 9.33. The lowest BCUT2D eigenvalue weighted by molar-refractivity contribution is 0.0694. The van der Waals surface area contributed by atoms with Crippen LogP contribution in [0.3, 0.4) is 0 Å². The molecule has 6 nitrogen and oxygen atoms in total. The van der Waals surface area contributed by atoms with Crippen LogP contribution < -0.4 is 16.2 Å². The van der Waals surface area contributed by atoms with Gasteiger partial charge in [0.1, 0.15) is 17.1 Å². The number of para-hydroxylation sites is 2. The van der Waals surface area contributed by atoms with E-state index < -0.39 is 5.97 Å². The number of carboxylic acids is 1. The lowest BCUT2D eigenvalue weighted by atomic mass is 10.2. The van der Waals surface area contributed by atoms with E-state index in [2.05, 4.69) is 4.98 Å². The van der Waals surface area contributed by atoms with Crippen molar-refractivity contribution >= 4 is 17.5 Å². The van der Waals surface area contributed by atoms with E-state index in [4.69, 9.17) is 21.3 Å². The van der Waals surface area contributed by atoms with Crippen LogP contribution in [0.25, 0.3) is 0 Å². The summed E-state index contributed by atoms with van der Waals surface area (Å²) in [4.78, 5) is 14.9. The molecule has 0 unspecified atom stereocenters. The average molecular weight is 245 g/mol. The molecule has 0 bridgehead atoms. The predicted molar refractivity (Wildman–Crippen MR) is 66.5 cm³/mol. The number of aromatic nitrogens is 1. The Morgan fingerprint density at radius 2 is 1.94 bits per heavy atom. The first-order chi connectivity index (χ1) is 8.58. The van der Waals surface area contributed by atoms with Crippen molar-refractivity contribution in [3.63, 3.8) is 0 Å². The zero-order chi connectivity index (χ0) is 13.1. The van der Waals surface area contributed by atoms with E-state index in [-0.39, 0.29) is 17.1 Å². The highest BCUT2D eigenvalue weighted by Crippen LogP contribution is 2.29. The molecule has 1 aromatic carbocycles. The lowest BCUT2D eigenvalue weighted by Crippen LogP contribution is -2.03. The molecule has 2 rings (SSSR count). The Labute approximate surface area is 103 Å². The maximum absolute atomic E-state index is 11.1. The van der Waals surface area contributed by atoms with Gasteiger partial charge in [0.15, 0.2) is 5.75 Å². The highest BCUT2D eigenvalue weighted by Gasteiger charge is 2.14. The van der Waals surface area contributed by atoms with Crippen LogP contribution in [-0.2, 0) is 0 Å². The van der Waals surface area contributed by atoms with Crippen LogP contribution in [0.15, 0.2) is 36.5 Å². The van der Waals surface area contributed by atoms with Crippen molar-refractivity contribution < 1.29 is 14.6 Å². The van der Waals surface area contributed by atoms with Gasteiger partial charge in [-0.2, -0.15) is 0 Å². The summed E-state index contributed by atoms with van der Waals surface area (Å²) in [5.74, 6) is -0.574. The SMILES string of the molecule is Nc1cc(C(=O)O)c(Oc2ccccc2N)cn1. The molecular weight excluding hydrogens is 234 g/mol. The molecular formula is C12H11N3O3. The number of nitrogens with two attached hydrogens (primary N) is 2. The van der Waals surface area contributed by atoms with E-state index >= 15 is 0 Å². The summed E-state index contributed by atoms with van der Waals surface area (Å²) >= 11 is 0. The number of hydrogen-bond donors (Lipinski definition) is 3. The number of ether oxygens (including phenoxy) is 1. The van der Waals surface area contributed by atoms with E-state index in [0.29, 0.717) is 11.4 Å². The third-order valence-electron chi connectivity index (χ3n) is 2.26. The van der Waals surface area contributed by atoms with Crippen LogP contribution in [0.2, 0.25) is 0 Å². The molecule has 0 fully saturated rings. The molecule has 0 aliphatic rings. The van der Waals surface area contributed by atoms with Crippen molar-refractivity contribution in [3.05, 3.63) is 42.1 Å². The van der Waals surface area contributed by atoms with Crippen LogP contribution in [0.5, 0.6) is 11.5 Å². The second-order valence-corrected chi connectivity index (χ2v) is 3.55. The van der Waals surface area contributed by atoms with Gasteiger partial charge in [-0.3, -0.25) is 0 Å². The van der Waals surface area contributed by atoms with Crippen molar-refractivity contribution in [3.8, 4) is 11.5 Å². The Kier molecular flexibility index (Phi) is 3.01. The Morgan fingerprint density at radius 1 is 1.22 bits per heavy atom. The number of hydrogen-bond acceptors (Lipinski definition) is 5. The predicted octanol–water partition coefficient (Wildman–Crippen LogP) is 1.74. The molecule has 0 radical (unpaired) electrons. The summed E-state index contributed by atoms with van der Waals surface area (Å²) in [5.41, 5.74) is 11.5.